The predicted octanol–water partition coefficient (Wildman–Crippen LogP) is 4.76. The highest BCUT2D eigenvalue weighted by atomic mass is 79.9. The van der Waals surface area contributed by atoms with Gasteiger partial charge in [-0.2, -0.15) is 0 Å². The summed E-state index contributed by atoms with van der Waals surface area (Å²) < 4.78 is 12.4. The Morgan fingerprint density at radius 2 is 1.95 bits per heavy atom. The lowest BCUT2D eigenvalue weighted by Crippen LogP contribution is -2.53. The average Bonchev–Trinajstić information content (AvgIpc) is 3.00. The van der Waals surface area contributed by atoms with Crippen molar-refractivity contribution in [3.8, 4) is 0 Å². The van der Waals surface area contributed by atoms with Crippen LogP contribution in [0, 0.1) is 11.3 Å². The van der Waals surface area contributed by atoms with E-state index in [2.05, 4.69) is 59.6 Å². The normalized spacial score (nSPS) is 53.8. The van der Waals surface area contributed by atoms with Crippen LogP contribution < -0.4 is 0 Å². The van der Waals surface area contributed by atoms with Crippen LogP contribution in [0.3, 0.4) is 0 Å². The van der Waals surface area contributed by atoms with E-state index < -0.39 is 0 Å². The molecule has 3 fully saturated rings. The molecule has 2 saturated heterocycles. The molecule has 1 aliphatic carbocycles. The van der Waals surface area contributed by atoms with E-state index in [1.54, 1.807) is 0 Å². The lowest BCUT2D eigenvalue weighted by molar-refractivity contribution is -0.112. The standard InChI is InChI=1S/C15H22Br2O2/c1-13(2)9-7-11-15(4,19-11)12(8-16)18-14(9,3)6-5-10(13)17/h8-11H,5-7H2,1-4H3/b12-8+/t9-,10-,11+,14-,15+/m0/s1. The second-order valence-corrected chi connectivity index (χ2v) is 8.78. The number of ether oxygens (including phenoxy) is 2. The second kappa shape index (κ2) is 4.23. The summed E-state index contributed by atoms with van der Waals surface area (Å²) in [5, 5.41) is 0. The molecule has 5 atom stereocenters. The van der Waals surface area contributed by atoms with E-state index in [-0.39, 0.29) is 16.6 Å². The molecule has 2 heterocycles. The number of fused-ring (bicyclic) bond motifs is 2. The molecular formula is C15H22Br2O2. The van der Waals surface area contributed by atoms with E-state index in [0.29, 0.717) is 16.8 Å². The van der Waals surface area contributed by atoms with Crippen LogP contribution in [0.2, 0.25) is 0 Å². The highest BCUT2D eigenvalue weighted by Crippen LogP contribution is 2.60. The van der Waals surface area contributed by atoms with Gasteiger partial charge in [0.05, 0.1) is 6.10 Å². The molecule has 1 saturated carbocycles. The van der Waals surface area contributed by atoms with Crippen molar-refractivity contribution in [1.29, 1.82) is 0 Å². The zero-order chi connectivity index (χ0) is 14.1. The van der Waals surface area contributed by atoms with Crippen LogP contribution in [0.5, 0.6) is 0 Å². The summed E-state index contributed by atoms with van der Waals surface area (Å²) >= 11 is 7.33. The summed E-state index contributed by atoms with van der Waals surface area (Å²) in [7, 11) is 0. The molecule has 3 aliphatic rings. The van der Waals surface area contributed by atoms with Crippen LogP contribution in [-0.2, 0) is 9.47 Å². The van der Waals surface area contributed by atoms with Crippen LogP contribution in [-0.4, -0.2) is 22.1 Å². The maximum atomic E-state index is 6.46. The quantitative estimate of drug-likeness (QED) is 0.437. The maximum Gasteiger partial charge on any atom is 0.149 e. The van der Waals surface area contributed by atoms with Gasteiger partial charge in [0, 0.05) is 15.7 Å². The first-order chi connectivity index (χ1) is 8.74. The number of hydrogen-bond donors (Lipinski definition) is 0. The molecule has 4 heteroatoms. The van der Waals surface area contributed by atoms with Gasteiger partial charge in [0.15, 0.2) is 0 Å². The fourth-order valence-electron chi connectivity index (χ4n) is 4.09. The van der Waals surface area contributed by atoms with Crippen LogP contribution >= 0.6 is 31.9 Å². The Morgan fingerprint density at radius 1 is 1.26 bits per heavy atom. The molecule has 19 heavy (non-hydrogen) atoms. The third-order valence-electron chi connectivity index (χ3n) is 5.66. The first-order valence-corrected chi connectivity index (χ1v) is 8.89. The molecule has 0 radical (unpaired) electrons. The minimum absolute atomic E-state index is 0.0762. The monoisotopic (exact) mass is 392 g/mol. The van der Waals surface area contributed by atoms with Crippen LogP contribution in [0.1, 0.15) is 47.0 Å². The Labute approximate surface area is 132 Å². The molecule has 3 rings (SSSR count). The summed E-state index contributed by atoms with van der Waals surface area (Å²) in [4.78, 5) is 2.47. The molecule has 0 amide bonds. The molecule has 2 nitrogen and oxygen atoms in total. The Balaban J connectivity index is 2.00. The number of alkyl halides is 1. The Kier molecular flexibility index (Phi) is 3.21. The molecule has 0 N–H and O–H groups in total. The topological polar surface area (TPSA) is 21.8 Å². The Bertz CT molecular complexity index is 434. The van der Waals surface area contributed by atoms with Crippen LogP contribution in [0.25, 0.3) is 0 Å². The lowest BCUT2D eigenvalue weighted by atomic mass is 9.60. The Hall–Kier alpha value is 0.460. The van der Waals surface area contributed by atoms with Gasteiger partial charge in [-0.3, -0.25) is 0 Å². The third kappa shape index (κ3) is 1.96. The molecule has 0 spiro atoms. The van der Waals surface area contributed by atoms with E-state index >= 15 is 0 Å². The molecule has 0 aromatic carbocycles. The van der Waals surface area contributed by atoms with Crippen LogP contribution in [0.15, 0.2) is 10.7 Å². The van der Waals surface area contributed by atoms with E-state index in [9.17, 15) is 0 Å². The van der Waals surface area contributed by atoms with Crippen molar-refractivity contribution in [3.05, 3.63) is 10.7 Å². The van der Waals surface area contributed by atoms with E-state index in [0.717, 1.165) is 25.0 Å². The van der Waals surface area contributed by atoms with Crippen molar-refractivity contribution in [2.75, 3.05) is 0 Å². The number of epoxide rings is 1. The summed E-state index contributed by atoms with van der Waals surface area (Å²) in [5.74, 6) is 1.47. The van der Waals surface area contributed by atoms with Crippen molar-refractivity contribution in [2.45, 2.75) is 69.1 Å². The third-order valence-corrected chi connectivity index (χ3v) is 7.72. The predicted molar refractivity (Wildman–Crippen MR) is 83.6 cm³/mol. The highest BCUT2D eigenvalue weighted by Gasteiger charge is 2.65. The van der Waals surface area contributed by atoms with Crippen molar-refractivity contribution in [2.24, 2.45) is 11.3 Å². The smallest absolute Gasteiger partial charge is 0.149 e. The SMILES string of the molecule is CC1(C)[C@@H](Br)CC[C@]2(C)O/C(=C/Br)[C@]3(C)O[C@@H]3C[C@@H]12. The molecule has 108 valence electrons. The number of rotatable bonds is 0. The maximum absolute atomic E-state index is 6.46. The summed E-state index contributed by atoms with van der Waals surface area (Å²) in [6.45, 7) is 9.15. The van der Waals surface area contributed by atoms with Gasteiger partial charge in [0.1, 0.15) is 17.0 Å². The molecular weight excluding hydrogens is 372 g/mol. The molecule has 0 bridgehead atoms. The largest absolute Gasteiger partial charge is 0.488 e. The average molecular weight is 394 g/mol. The van der Waals surface area contributed by atoms with E-state index in [4.69, 9.17) is 9.47 Å². The van der Waals surface area contributed by atoms with Crippen molar-refractivity contribution >= 4 is 31.9 Å². The fourth-order valence-corrected chi connectivity index (χ4v) is 5.18. The summed E-state index contributed by atoms with van der Waals surface area (Å²) in [6.07, 6.45) is 3.66. The minimum atomic E-state index is -0.207. The van der Waals surface area contributed by atoms with Crippen molar-refractivity contribution in [3.63, 3.8) is 0 Å². The minimum Gasteiger partial charge on any atom is -0.488 e. The zero-order valence-electron chi connectivity index (χ0n) is 12.0. The number of hydrogen-bond acceptors (Lipinski definition) is 2. The van der Waals surface area contributed by atoms with Gasteiger partial charge in [0.2, 0.25) is 0 Å². The van der Waals surface area contributed by atoms with E-state index in [1.807, 2.05) is 4.99 Å². The molecule has 0 unspecified atom stereocenters. The van der Waals surface area contributed by atoms with Gasteiger partial charge >= 0.3 is 0 Å². The highest BCUT2D eigenvalue weighted by molar-refractivity contribution is 9.11. The first kappa shape index (κ1) is 14.4. The second-order valence-electron chi connectivity index (χ2n) is 7.22. The summed E-state index contributed by atoms with van der Waals surface area (Å²) in [6, 6.07) is 0. The molecule has 0 aromatic rings. The van der Waals surface area contributed by atoms with Gasteiger partial charge < -0.3 is 9.47 Å². The van der Waals surface area contributed by atoms with Gasteiger partial charge in [-0.15, -0.1) is 0 Å². The van der Waals surface area contributed by atoms with Gasteiger partial charge in [-0.05, 0) is 38.5 Å². The van der Waals surface area contributed by atoms with Gasteiger partial charge in [-0.1, -0.05) is 45.7 Å². The van der Waals surface area contributed by atoms with Gasteiger partial charge in [0.25, 0.3) is 0 Å². The van der Waals surface area contributed by atoms with Crippen molar-refractivity contribution < 1.29 is 9.47 Å². The number of halogens is 2. The van der Waals surface area contributed by atoms with E-state index in [1.165, 1.54) is 0 Å². The lowest BCUT2D eigenvalue weighted by Gasteiger charge is -2.52. The van der Waals surface area contributed by atoms with Gasteiger partial charge in [-0.25, -0.2) is 0 Å². The van der Waals surface area contributed by atoms with Crippen molar-refractivity contribution in [1.82, 2.24) is 0 Å². The fraction of sp³-hybridized carbons (Fsp3) is 0.867. The molecule has 2 aliphatic heterocycles. The summed E-state index contributed by atoms with van der Waals surface area (Å²) in [5.41, 5.74) is -0.0590. The zero-order valence-corrected chi connectivity index (χ0v) is 15.2. The molecule has 0 aromatic heterocycles. The Morgan fingerprint density at radius 3 is 2.58 bits per heavy atom. The van der Waals surface area contributed by atoms with Crippen LogP contribution in [0.4, 0.5) is 0 Å². The first-order valence-electron chi connectivity index (χ1n) is 7.06.